The first-order valence-corrected chi connectivity index (χ1v) is 7.02. The molecule has 0 fully saturated rings. The summed E-state index contributed by atoms with van der Waals surface area (Å²) in [4.78, 5) is 0. The van der Waals surface area contributed by atoms with Crippen LogP contribution in [0, 0.1) is 0 Å². The molecular weight excluding hydrogens is 281 g/mol. The predicted octanol–water partition coefficient (Wildman–Crippen LogP) is 4.38. The topological polar surface area (TPSA) is 29.5 Å². The van der Waals surface area contributed by atoms with Crippen molar-refractivity contribution < 1.29 is 23.0 Å². The van der Waals surface area contributed by atoms with Crippen LogP contribution in [0.2, 0.25) is 0 Å². The fourth-order valence-corrected chi connectivity index (χ4v) is 1.87. The van der Waals surface area contributed by atoms with Gasteiger partial charge in [-0.3, -0.25) is 0 Å². The molecule has 0 heterocycles. The maximum Gasteiger partial charge on any atom is 0.389 e. The van der Waals surface area contributed by atoms with E-state index in [0.29, 0.717) is 5.56 Å². The van der Waals surface area contributed by atoms with Crippen molar-refractivity contribution >= 4 is 0 Å². The summed E-state index contributed by atoms with van der Waals surface area (Å²) in [5.41, 5.74) is 1.90. The van der Waals surface area contributed by atoms with Gasteiger partial charge in [-0.05, 0) is 23.0 Å². The maximum atomic E-state index is 11.9. The number of benzene rings is 1. The third-order valence-electron chi connectivity index (χ3n) is 3.19. The normalized spacial score (nSPS) is 14.2. The lowest BCUT2D eigenvalue weighted by Gasteiger charge is -2.20. The lowest BCUT2D eigenvalue weighted by molar-refractivity contribution is -0.138. The Morgan fingerprint density at radius 3 is 2.14 bits per heavy atom. The molecule has 1 rings (SSSR count). The van der Waals surface area contributed by atoms with E-state index in [1.165, 1.54) is 0 Å². The average Bonchev–Trinajstić information content (AvgIpc) is 2.36. The molecule has 0 bridgehead atoms. The maximum absolute atomic E-state index is 11.9. The highest BCUT2D eigenvalue weighted by Gasteiger charge is 2.26. The van der Waals surface area contributed by atoms with Crippen LogP contribution < -0.4 is 0 Å². The van der Waals surface area contributed by atoms with Crippen molar-refractivity contribution in [1.29, 1.82) is 0 Å². The van der Waals surface area contributed by atoms with Gasteiger partial charge < -0.3 is 9.84 Å². The molecule has 0 saturated carbocycles. The number of aliphatic hydroxyl groups is 1. The number of alkyl halides is 3. The molecule has 0 amide bonds. The van der Waals surface area contributed by atoms with Crippen LogP contribution in [0.1, 0.15) is 50.8 Å². The Balaban J connectivity index is 2.37. The molecule has 0 aliphatic rings. The van der Waals surface area contributed by atoms with Gasteiger partial charge in [0.05, 0.1) is 6.61 Å². The van der Waals surface area contributed by atoms with Crippen molar-refractivity contribution in [2.45, 2.75) is 51.3 Å². The predicted molar refractivity (Wildman–Crippen MR) is 76.2 cm³/mol. The van der Waals surface area contributed by atoms with Crippen LogP contribution in [0.3, 0.4) is 0 Å². The highest BCUT2D eigenvalue weighted by molar-refractivity contribution is 5.28. The second-order valence-corrected chi connectivity index (χ2v) is 6.18. The van der Waals surface area contributed by atoms with Gasteiger partial charge >= 0.3 is 6.18 Å². The molecule has 1 aromatic carbocycles. The Labute approximate surface area is 123 Å². The van der Waals surface area contributed by atoms with E-state index in [4.69, 9.17) is 4.74 Å². The first kappa shape index (κ1) is 18.0. The van der Waals surface area contributed by atoms with Gasteiger partial charge in [-0.2, -0.15) is 13.2 Å². The Kier molecular flexibility index (Phi) is 6.23. The quantitative estimate of drug-likeness (QED) is 0.790. The van der Waals surface area contributed by atoms with Crippen molar-refractivity contribution in [2.24, 2.45) is 0 Å². The molecule has 21 heavy (non-hydrogen) atoms. The zero-order valence-electron chi connectivity index (χ0n) is 12.7. The van der Waals surface area contributed by atoms with Gasteiger partial charge in [-0.1, -0.05) is 45.0 Å². The van der Waals surface area contributed by atoms with Gasteiger partial charge in [0.15, 0.2) is 0 Å². The van der Waals surface area contributed by atoms with Crippen LogP contribution in [0.5, 0.6) is 0 Å². The van der Waals surface area contributed by atoms with Crippen LogP contribution >= 0.6 is 0 Å². The van der Waals surface area contributed by atoms with E-state index in [-0.39, 0.29) is 25.0 Å². The van der Waals surface area contributed by atoms with E-state index in [1.807, 2.05) is 24.3 Å². The van der Waals surface area contributed by atoms with Crippen molar-refractivity contribution in [3.8, 4) is 0 Å². The molecule has 0 aliphatic carbocycles. The number of ether oxygens (including phenoxy) is 1. The Hall–Kier alpha value is -1.07. The lowest BCUT2D eigenvalue weighted by atomic mass is 9.86. The number of rotatable bonds is 6. The second kappa shape index (κ2) is 7.27. The van der Waals surface area contributed by atoms with E-state index in [1.54, 1.807) is 0 Å². The molecule has 5 heteroatoms. The third-order valence-corrected chi connectivity index (χ3v) is 3.19. The number of aliphatic hydroxyl groups excluding tert-OH is 1. The SMILES string of the molecule is CC(C)(C)c1ccc(C(O)COCCCC(F)(F)F)cc1. The van der Waals surface area contributed by atoms with E-state index in [2.05, 4.69) is 20.8 Å². The first-order valence-electron chi connectivity index (χ1n) is 7.02. The van der Waals surface area contributed by atoms with Crippen LogP contribution in [-0.4, -0.2) is 24.5 Å². The molecule has 1 N–H and O–H groups in total. The zero-order valence-corrected chi connectivity index (χ0v) is 12.7. The molecule has 0 aliphatic heterocycles. The molecule has 1 aromatic rings. The first-order chi connectivity index (χ1) is 9.59. The standard InChI is InChI=1S/C16H23F3O2/c1-15(2,3)13-7-5-12(6-8-13)14(20)11-21-10-4-9-16(17,18)19/h5-8,14,20H,4,9-11H2,1-3H3. The molecule has 0 radical (unpaired) electrons. The summed E-state index contributed by atoms with van der Waals surface area (Å²) in [7, 11) is 0. The van der Waals surface area contributed by atoms with Gasteiger partial charge in [0.25, 0.3) is 0 Å². The minimum Gasteiger partial charge on any atom is -0.386 e. The van der Waals surface area contributed by atoms with Gasteiger partial charge in [-0.25, -0.2) is 0 Å². The van der Waals surface area contributed by atoms with E-state index >= 15 is 0 Å². The highest BCUT2D eigenvalue weighted by Crippen LogP contribution is 2.24. The lowest BCUT2D eigenvalue weighted by Crippen LogP contribution is -2.13. The monoisotopic (exact) mass is 304 g/mol. The van der Waals surface area contributed by atoms with Crippen molar-refractivity contribution in [2.75, 3.05) is 13.2 Å². The molecule has 1 unspecified atom stereocenters. The summed E-state index contributed by atoms with van der Waals surface area (Å²) in [6, 6.07) is 7.54. The summed E-state index contributed by atoms with van der Waals surface area (Å²) >= 11 is 0. The van der Waals surface area contributed by atoms with Crippen LogP contribution in [0.15, 0.2) is 24.3 Å². The van der Waals surface area contributed by atoms with Crippen molar-refractivity contribution in [1.82, 2.24) is 0 Å². The minimum atomic E-state index is -4.15. The van der Waals surface area contributed by atoms with Gasteiger partial charge in [0.1, 0.15) is 6.10 Å². The molecule has 2 nitrogen and oxygen atoms in total. The second-order valence-electron chi connectivity index (χ2n) is 6.18. The van der Waals surface area contributed by atoms with E-state index in [0.717, 1.165) is 5.56 Å². The van der Waals surface area contributed by atoms with Gasteiger partial charge in [0, 0.05) is 13.0 Å². The molecule has 0 spiro atoms. The van der Waals surface area contributed by atoms with Gasteiger partial charge in [-0.15, -0.1) is 0 Å². The average molecular weight is 304 g/mol. The Bertz CT molecular complexity index is 419. The van der Waals surface area contributed by atoms with E-state index < -0.39 is 18.7 Å². The molecule has 0 saturated heterocycles. The summed E-state index contributed by atoms with van der Waals surface area (Å²) in [5, 5.41) is 9.93. The molecule has 120 valence electrons. The van der Waals surface area contributed by atoms with E-state index in [9.17, 15) is 18.3 Å². The number of halogens is 3. The molecule has 1 atom stereocenters. The molecule has 0 aromatic heterocycles. The smallest absolute Gasteiger partial charge is 0.386 e. The molecular formula is C16H23F3O2. The fraction of sp³-hybridized carbons (Fsp3) is 0.625. The Morgan fingerprint density at radius 2 is 1.67 bits per heavy atom. The third kappa shape index (κ3) is 6.96. The minimum absolute atomic E-state index is 0.00333. The number of hydrogen-bond acceptors (Lipinski definition) is 2. The fourth-order valence-electron chi connectivity index (χ4n) is 1.87. The summed E-state index contributed by atoms with van der Waals surface area (Å²) in [6.07, 6.45) is -5.90. The van der Waals surface area contributed by atoms with Gasteiger partial charge in [0.2, 0.25) is 0 Å². The van der Waals surface area contributed by atoms with Crippen molar-refractivity contribution in [3.63, 3.8) is 0 Å². The van der Waals surface area contributed by atoms with Crippen LogP contribution in [0.4, 0.5) is 13.2 Å². The summed E-state index contributed by atoms with van der Waals surface area (Å²) in [6.45, 7) is 6.30. The number of hydrogen-bond donors (Lipinski definition) is 1. The van der Waals surface area contributed by atoms with Crippen molar-refractivity contribution in [3.05, 3.63) is 35.4 Å². The largest absolute Gasteiger partial charge is 0.389 e. The van der Waals surface area contributed by atoms with Crippen LogP contribution in [0.25, 0.3) is 0 Å². The van der Waals surface area contributed by atoms with Crippen LogP contribution in [-0.2, 0) is 10.2 Å². The zero-order chi connectivity index (χ0) is 16.1. The summed E-state index contributed by atoms with van der Waals surface area (Å²) < 4.78 is 40.9. The Morgan fingerprint density at radius 1 is 1.10 bits per heavy atom. The highest BCUT2D eigenvalue weighted by atomic mass is 19.4. The summed E-state index contributed by atoms with van der Waals surface area (Å²) in [5.74, 6) is 0.